The first-order chi connectivity index (χ1) is 18.4. The molecule has 2 aliphatic heterocycles. The van der Waals surface area contributed by atoms with Crippen molar-refractivity contribution in [2.45, 2.75) is 46.0 Å². The summed E-state index contributed by atoms with van der Waals surface area (Å²) in [5.74, 6) is -1.50. The Morgan fingerprint density at radius 3 is 2.59 bits per heavy atom. The Hall–Kier alpha value is -3.38. The van der Waals surface area contributed by atoms with E-state index in [4.69, 9.17) is 0 Å². The smallest absolute Gasteiger partial charge is 0.348 e. The molecule has 3 aliphatic rings. The summed E-state index contributed by atoms with van der Waals surface area (Å²) in [4.78, 5) is 49.3. The molecule has 39 heavy (non-hydrogen) atoms. The number of piperidine rings is 1. The van der Waals surface area contributed by atoms with Crippen molar-refractivity contribution in [1.82, 2.24) is 25.5 Å². The first-order valence-corrected chi connectivity index (χ1v) is 13.5. The lowest BCUT2D eigenvalue weighted by molar-refractivity contribution is -0.144. The van der Waals surface area contributed by atoms with Gasteiger partial charge in [-0.2, -0.15) is 13.2 Å². The molecule has 2 saturated heterocycles. The van der Waals surface area contributed by atoms with Crippen molar-refractivity contribution < 1.29 is 27.6 Å². The van der Waals surface area contributed by atoms with Crippen molar-refractivity contribution in [3.63, 3.8) is 0 Å². The second-order valence-corrected chi connectivity index (χ2v) is 12.2. The van der Waals surface area contributed by atoms with Crippen molar-refractivity contribution in [3.8, 4) is 11.3 Å². The molecular weight excluding hydrogens is 531 g/mol. The molecule has 3 unspecified atom stereocenters. The van der Waals surface area contributed by atoms with Gasteiger partial charge in [-0.3, -0.25) is 24.3 Å². The number of amides is 3. The Kier molecular flexibility index (Phi) is 5.85. The first kappa shape index (κ1) is 25.9. The number of fused-ring (bicyclic) bond motifs is 2. The normalized spacial score (nSPS) is 23.9. The van der Waals surface area contributed by atoms with Gasteiger partial charge in [-0.1, -0.05) is 13.8 Å². The van der Waals surface area contributed by atoms with Gasteiger partial charge in [0.25, 0.3) is 5.91 Å². The molecule has 3 atom stereocenters. The average Bonchev–Trinajstić information content (AvgIpc) is 3.30. The Morgan fingerprint density at radius 1 is 1.23 bits per heavy atom. The topological polar surface area (TPSA) is 104 Å². The number of aryl methyl sites for hydroxylation is 1. The molecule has 12 heteroatoms. The molecule has 1 aliphatic carbocycles. The number of nitrogens with one attached hydrogen (secondary N) is 2. The van der Waals surface area contributed by atoms with Crippen molar-refractivity contribution in [2.75, 3.05) is 13.1 Å². The number of likely N-dealkylation sites (tertiary alicyclic amines) is 1. The largest absolute Gasteiger partial charge is 0.433 e. The van der Waals surface area contributed by atoms with E-state index in [1.807, 2.05) is 13.8 Å². The lowest BCUT2D eigenvalue weighted by Crippen LogP contribution is -2.37. The number of halogens is 3. The van der Waals surface area contributed by atoms with Crippen LogP contribution in [0.4, 0.5) is 13.2 Å². The van der Waals surface area contributed by atoms with Gasteiger partial charge < -0.3 is 10.6 Å². The van der Waals surface area contributed by atoms with Crippen LogP contribution < -0.4 is 10.6 Å². The number of pyridine rings is 2. The van der Waals surface area contributed by atoms with Crippen LogP contribution in [0.1, 0.15) is 46.8 Å². The lowest BCUT2D eigenvalue weighted by atomic mass is 9.99. The predicted molar refractivity (Wildman–Crippen MR) is 138 cm³/mol. The Labute approximate surface area is 226 Å². The van der Waals surface area contributed by atoms with E-state index in [1.54, 1.807) is 12.1 Å². The summed E-state index contributed by atoms with van der Waals surface area (Å²) >= 11 is 1.23. The minimum absolute atomic E-state index is 0.0677. The highest BCUT2D eigenvalue weighted by Crippen LogP contribution is 2.63. The summed E-state index contributed by atoms with van der Waals surface area (Å²) in [6.45, 7) is 6.68. The molecule has 3 aromatic heterocycles. The number of carbonyl (C=O) groups is 3. The molecule has 6 rings (SSSR count). The van der Waals surface area contributed by atoms with Crippen LogP contribution in [0.25, 0.3) is 21.5 Å². The Morgan fingerprint density at radius 2 is 1.95 bits per heavy atom. The van der Waals surface area contributed by atoms with Crippen molar-refractivity contribution in [3.05, 3.63) is 46.1 Å². The summed E-state index contributed by atoms with van der Waals surface area (Å²) in [7, 11) is 0. The molecule has 3 amide bonds. The van der Waals surface area contributed by atoms with Gasteiger partial charge in [0.05, 0.1) is 39.9 Å². The van der Waals surface area contributed by atoms with E-state index in [-0.39, 0.29) is 58.5 Å². The lowest BCUT2D eigenvalue weighted by Gasteiger charge is -2.19. The van der Waals surface area contributed by atoms with Crippen LogP contribution in [-0.2, 0) is 22.3 Å². The van der Waals surface area contributed by atoms with Crippen LogP contribution in [0.15, 0.2) is 24.4 Å². The van der Waals surface area contributed by atoms with E-state index in [0.717, 1.165) is 19.0 Å². The van der Waals surface area contributed by atoms with Gasteiger partial charge >= 0.3 is 6.18 Å². The third-order valence-corrected chi connectivity index (χ3v) is 9.20. The van der Waals surface area contributed by atoms with Gasteiger partial charge in [0, 0.05) is 29.2 Å². The summed E-state index contributed by atoms with van der Waals surface area (Å²) in [5.41, 5.74) is -0.437. The molecule has 3 aromatic rings. The zero-order valence-electron chi connectivity index (χ0n) is 21.5. The molecule has 3 fully saturated rings. The van der Waals surface area contributed by atoms with E-state index < -0.39 is 17.8 Å². The quantitative estimate of drug-likeness (QED) is 0.461. The molecule has 1 saturated carbocycles. The molecule has 2 N–H and O–H groups in total. The van der Waals surface area contributed by atoms with Gasteiger partial charge in [0.1, 0.15) is 5.69 Å². The van der Waals surface area contributed by atoms with E-state index >= 15 is 0 Å². The SMILES string of the molecule is Cc1cc(C(F)(F)F)nc(-c2ccnc3cc(CN4C(=O)C5C(C4=O)C5(C)C)sc23)c1C(=O)NC1CCNC1. The highest BCUT2D eigenvalue weighted by atomic mass is 32.1. The van der Waals surface area contributed by atoms with Crippen LogP contribution >= 0.6 is 11.3 Å². The number of carbonyl (C=O) groups excluding carboxylic acids is 3. The monoisotopic (exact) mass is 557 g/mol. The molecule has 5 heterocycles. The average molecular weight is 558 g/mol. The molecule has 0 aromatic carbocycles. The van der Waals surface area contributed by atoms with Crippen molar-refractivity contribution in [1.29, 1.82) is 0 Å². The van der Waals surface area contributed by atoms with E-state index in [0.29, 0.717) is 27.2 Å². The number of nitrogens with zero attached hydrogens (tertiary/aromatic N) is 3. The molecule has 8 nitrogen and oxygen atoms in total. The number of aromatic nitrogens is 2. The van der Waals surface area contributed by atoms with Gasteiger partial charge in [-0.25, -0.2) is 4.98 Å². The molecule has 0 bridgehead atoms. The fraction of sp³-hybridized carbons (Fsp3) is 0.444. The molecule has 0 spiro atoms. The number of hydrogen-bond donors (Lipinski definition) is 2. The third kappa shape index (κ3) is 4.20. The highest BCUT2D eigenvalue weighted by molar-refractivity contribution is 7.19. The van der Waals surface area contributed by atoms with Gasteiger partial charge in [0.15, 0.2) is 0 Å². The molecular formula is C27H26F3N5O3S. The van der Waals surface area contributed by atoms with Crippen LogP contribution in [-0.4, -0.2) is 51.7 Å². The number of imide groups is 1. The highest BCUT2D eigenvalue weighted by Gasteiger charge is 2.72. The summed E-state index contributed by atoms with van der Waals surface area (Å²) in [5, 5.41) is 6.07. The number of alkyl halides is 3. The van der Waals surface area contributed by atoms with Gasteiger partial charge in [0.2, 0.25) is 11.8 Å². The minimum atomic E-state index is -4.71. The number of thiophene rings is 1. The fourth-order valence-electron chi connectivity index (χ4n) is 5.90. The first-order valence-electron chi connectivity index (χ1n) is 12.7. The van der Waals surface area contributed by atoms with Crippen molar-refractivity contribution >= 4 is 39.3 Å². The predicted octanol–water partition coefficient (Wildman–Crippen LogP) is 3.92. The van der Waals surface area contributed by atoms with Crippen molar-refractivity contribution in [2.24, 2.45) is 17.3 Å². The van der Waals surface area contributed by atoms with Crippen LogP contribution in [0.5, 0.6) is 0 Å². The second kappa shape index (κ2) is 8.82. The van der Waals surface area contributed by atoms with Crippen LogP contribution in [0.2, 0.25) is 0 Å². The maximum atomic E-state index is 13.8. The zero-order chi connectivity index (χ0) is 27.9. The van der Waals surface area contributed by atoms with E-state index in [2.05, 4.69) is 20.6 Å². The molecule has 204 valence electrons. The third-order valence-electron chi connectivity index (χ3n) is 8.05. The molecule has 0 radical (unpaired) electrons. The summed E-state index contributed by atoms with van der Waals surface area (Å²) in [6, 6.07) is 4.02. The van der Waals surface area contributed by atoms with E-state index in [1.165, 1.54) is 29.4 Å². The summed E-state index contributed by atoms with van der Waals surface area (Å²) < 4.78 is 41.9. The maximum Gasteiger partial charge on any atom is 0.433 e. The standard InChI is InChI=1S/C27H26F3N5O3S/c1-12-8-17(27(28,29)30)34-21(18(12)23(36)33-13-4-6-31-10-13)15-5-7-32-16-9-14(39-22(15)16)11-35-24(37)19-20(25(35)38)26(19,2)3/h5,7-9,13,19-20,31H,4,6,10-11H2,1-3H3,(H,33,36). The Balaban J connectivity index is 1.41. The number of rotatable bonds is 5. The van der Waals surface area contributed by atoms with E-state index in [9.17, 15) is 27.6 Å². The second-order valence-electron chi connectivity index (χ2n) is 11.0. The minimum Gasteiger partial charge on any atom is -0.348 e. The Bertz CT molecular complexity index is 1520. The number of hydrogen-bond acceptors (Lipinski definition) is 7. The van der Waals surface area contributed by atoms with Crippen LogP contribution in [0.3, 0.4) is 0 Å². The van der Waals surface area contributed by atoms with Crippen LogP contribution in [0, 0.1) is 24.2 Å². The van der Waals surface area contributed by atoms with Gasteiger partial charge in [-0.15, -0.1) is 11.3 Å². The van der Waals surface area contributed by atoms with Gasteiger partial charge in [-0.05, 0) is 49.1 Å². The fourth-order valence-corrected chi connectivity index (χ4v) is 7.02. The zero-order valence-corrected chi connectivity index (χ0v) is 22.3. The summed E-state index contributed by atoms with van der Waals surface area (Å²) in [6.07, 6.45) is -2.53. The maximum absolute atomic E-state index is 13.8.